The average molecular weight is 1700 g/mol. The first-order valence-corrected chi connectivity index (χ1v) is 44.8. The fourth-order valence-corrected chi connectivity index (χ4v) is 18.6. The van der Waals surface area contributed by atoms with Gasteiger partial charge in [-0.3, -0.25) is 0 Å². The lowest BCUT2D eigenvalue weighted by molar-refractivity contribution is -0.659. The zero-order valence-corrected chi connectivity index (χ0v) is 79.2. The van der Waals surface area contributed by atoms with Gasteiger partial charge in [-0.25, -0.2) is 50.7 Å². The van der Waals surface area contributed by atoms with E-state index in [0.29, 0.717) is 29.4 Å². The summed E-state index contributed by atoms with van der Waals surface area (Å²) in [7, 11) is 21.0. The Bertz CT molecular complexity index is 7120. The lowest BCUT2D eigenvalue weighted by atomic mass is 9.92. The van der Waals surface area contributed by atoms with Crippen LogP contribution < -0.4 is 27.4 Å². The standard InChI is InChI=1S/C27H31N2.C23H29N2.C18H17N2O.C17H16N3O.C16H17N2.C12H15N2/c1-18(2)21-14-11-15-22(19(3)4)26(21)29-25-17-10-9-16-24(25)28(6)27(29)23-13-8-7-12-20(23)5;1-16(2)19-12-9-13-20(17(3)4)22(19)25-15-14-24(6)23(25)21-11-8-7-10-18(21)5;1-12-8-9-14-13-6-4-5-7-15(13)21-17(14)16(12)18-19(2)10-11-20(18)3;1-11-6-7-12-13-5-4-8-18-16(13)21-15(12)14(11)17-19(2)9-10-20(17)3;1-12-8-4-5-9-13(12)16-17(2)14-10-6-7-11-15(14)18(16)3;1-10-6-4-5-7-11(10)12-13(2)8-9-14(12)3/h7-19H,1-6H3;7-17H,1-6H3;4-11H,1-3H3;4-10H,1-3H3;4-11H,1-3H3;4-9H,1-3H3/q6*+1. The monoisotopic (exact) mass is 1700 g/mol. The van der Waals surface area contributed by atoms with E-state index in [2.05, 4.69) is 501 Å². The number of aryl methyl sites for hydroxylation is 16. The fraction of sp³-hybridized carbons (Fsp3) is 0.248. The van der Waals surface area contributed by atoms with Crippen molar-refractivity contribution in [2.24, 2.45) is 70.5 Å². The first-order valence-electron chi connectivity index (χ1n) is 44.8. The Balaban J connectivity index is 0.000000120. The van der Waals surface area contributed by atoms with Crippen molar-refractivity contribution in [3.05, 3.63) is 354 Å². The quantitative estimate of drug-likeness (QED) is 0.114. The molecule has 648 valence electrons. The fourth-order valence-electron chi connectivity index (χ4n) is 18.6. The lowest BCUT2D eigenvalue weighted by Gasteiger charge is -2.18. The van der Waals surface area contributed by atoms with Gasteiger partial charge in [-0.1, -0.05) is 231 Å². The summed E-state index contributed by atoms with van der Waals surface area (Å²) >= 11 is 0. The molecular formula is C113H125N13O2+6. The number of pyridine rings is 1. The normalized spacial score (nSPS) is 11.4. The molecule has 15 heteroatoms. The molecule has 9 heterocycles. The molecule has 0 radical (unpaired) electrons. The summed E-state index contributed by atoms with van der Waals surface area (Å²) in [6.45, 7) is 31.2. The molecule has 0 amide bonds. The van der Waals surface area contributed by atoms with Gasteiger partial charge in [-0.2, -0.15) is 9.13 Å². The highest BCUT2D eigenvalue weighted by Crippen LogP contribution is 2.42. The number of para-hydroxylation sites is 7. The van der Waals surface area contributed by atoms with Crippen LogP contribution in [0.4, 0.5) is 0 Å². The first kappa shape index (κ1) is 88.8. The molecule has 128 heavy (non-hydrogen) atoms. The highest BCUT2D eigenvalue weighted by molar-refractivity contribution is 6.10. The second-order valence-electron chi connectivity index (χ2n) is 35.5. The number of rotatable bonds is 12. The van der Waals surface area contributed by atoms with Gasteiger partial charge in [0, 0.05) is 50.0 Å². The minimum Gasteiger partial charge on any atom is -0.455 e. The molecule has 0 fully saturated rings. The van der Waals surface area contributed by atoms with Crippen LogP contribution in [-0.4, -0.2) is 32.4 Å². The predicted molar refractivity (Wildman–Crippen MR) is 525 cm³/mol. The van der Waals surface area contributed by atoms with E-state index >= 15 is 0 Å². The molecule has 0 atom stereocenters. The van der Waals surface area contributed by atoms with Crippen LogP contribution in [0.5, 0.6) is 0 Å². The molecule has 0 unspecified atom stereocenters. The van der Waals surface area contributed by atoms with Crippen molar-refractivity contribution in [2.45, 2.75) is 121 Å². The molecule has 0 N–H and O–H groups in total. The van der Waals surface area contributed by atoms with E-state index in [4.69, 9.17) is 8.83 Å². The van der Waals surface area contributed by atoms with E-state index in [0.717, 1.165) is 44.7 Å². The van der Waals surface area contributed by atoms with Gasteiger partial charge in [0.25, 0.3) is 34.9 Å². The first-order chi connectivity index (χ1) is 61.6. The van der Waals surface area contributed by atoms with E-state index in [9.17, 15) is 0 Å². The third-order valence-electron chi connectivity index (χ3n) is 25.3. The van der Waals surface area contributed by atoms with Crippen LogP contribution >= 0.6 is 0 Å². The van der Waals surface area contributed by atoms with Crippen LogP contribution in [0.15, 0.2) is 307 Å². The molecule has 11 aromatic carbocycles. The number of fused-ring (bicyclic) bond motifs is 8. The number of hydrogen-bond donors (Lipinski definition) is 0. The third-order valence-corrected chi connectivity index (χ3v) is 25.3. The molecule has 0 aliphatic carbocycles. The molecule has 0 saturated carbocycles. The molecule has 0 aliphatic rings. The molecule has 9 aromatic heterocycles. The van der Waals surface area contributed by atoms with Crippen molar-refractivity contribution in [2.75, 3.05) is 0 Å². The molecule has 15 nitrogen and oxygen atoms in total. The molecule has 0 saturated heterocycles. The van der Waals surface area contributed by atoms with Crippen molar-refractivity contribution in [1.82, 2.24) is 32.4 Å². The Kier molecular flexibility index (Phi) is 26.1. The largest absolute Gasteiger partial charge is 0.455 e. The Morgan fingerprint density at radius 2 is 0.664 bits per heavy atom. The summed E-state index contributed by atoms with van der Waals surface area (Å²) in [5.74, 6) is 9.07. The highest BCUT2D eigenvalue weighted by atomic mass is 16.3. The van der Waals surface area contributed by atoms with Crippen LogP contribution in [0.2, 0.25) is 0 Å². The minimum absolute atomic E-state index is 0.444. The topological polar surface area (TPSA) is 92.0 Å². The molecule has 20 rings (SSSR count). The van der Waals surface area contributed by atoms with Crippen molar-refractivity contribution < 1.29 is 36.2 Å². The maximum Gasteiger partial charge on any atom is 0.295 e. The molecule has 0 spiro atoms. The highest BCUT2D eigenvalue weighted by Gasteiger charge is 2.34. The van der Waals surface area contributed by atoms with Gasteiger partial charge in [0.15, 0.2) is 33.2 Å². The summed E-state index contributed by atoms with van der Waals surface area (Å²) in [5.41, 5.74) is 31.9. The van der Waals surface area contributed by atoms with E-state index in [-0.39, 0.29) is 0 Å². The summed E-state index contributed by atoms with van der Waals surface area (Å²) in [6.07, 6.45) is 18.5. The van der Waals surface area contributed by atoms with E-state index < -0.39 is 0 Å². The lowest BCUT2D eigenvalue weighted by Crippen LogP contribution is -2.30. The number of imidazole rings is 6. The van der Waals surface area contributed by atoms with Crippen molar-refractivity contribution in [1.29, 1.82) is 0 Å². The Hall–Kier alpha value is -14.1. The van der Waals surface area contributed by atoms with Crippen LogP contribution in [0.1, 0.15) is 135 Å². The smallest absolute Gasteiger partial charge is 0.295 e. The Morgan fingerprint density at radius 1 is 0.297 bits per heavy atom. The van der Waals surface area contributed by atoms with Gasteiger partial charge in [0.05, 0.1) is 92.7 Å². The van der Waals surface area contributed by atoms with Gasteiger partial charge in [-0.15, -0.1) is 0 Å². The van der Waals surface area contributed by atoms with E-state index in [1.54, 1.807) is 6.20 Å². The Labute approximate surface area is 754 Å². The average Bonchev–Trinajstić information content (AvgIpc) is 1.60. The van der Waals surface area contributed by atoms with E-state index in [1.165, 1.54) is 151 Å². The van der Waals surface area contributed by atoms with Crippen molar-refractivity contribution in [3.8, 4) is 79.7 Å². The molecule has 0 bridgehead atoms. The van der Waals surface area contributed by atoms with Crippen molar-refractivity contribution >= 4 is 66.1 Å². The number of hydrogen-bond acceptors (Lipinski definition) is 3. The summed E-state index contributed by atoms with van der Waals surface area (Å²) in [6, 6.07) is 85.9. The molecule has 0 aliphatic heterocycles. The van der Waals surface area contributed by atoms with E-state index in [1.807, 2.05) is 18.2 Å². The SMILES string of the molecule is Cc1ccc2c(oc3ccccc32)c1-c1n(C)cc[n+]1C.Cc1ccc2c(oc3ncccc32)c1-c1n(C)cc[n+]1C.Cc1ccccc1-c1n(-c2c(C(C)C)cccc2C(C)C)c2ccccc2[n+]1C.Cc1ccccc1-c1n(-c2c(C(C)C)cccc2C(C)C)cc[n+]1C.Cc1ccccc1-c1n(C)c2ccccc2[n+]1C.Cc1ccccc1-c1n(C)cc[n+]1C. The maximum atomic E-state index is 6.17. The number of aromatic nitrogens is 13. The second-order valence-corrected chi connectivity index (χ2v) is 35.5. The molecule has 20 aromatic rings. The van der Waals surface area contributed by atoms with Crippen LogP contribution in [0.3, 0.4) is 0 Å². The number of furan rings is 2. The zero-order chi connectivity index (χ0) is 90.8. The van der Waals surface area contributed by atoms with Crippen molar-refractivity contribution in [3.63, 3.8) is 0 Å². The summed E-state index contributed by atoms with van der Waals surface area (Å²) < 4.78 is 39.0. The van der Waals surface area contributed by atoms with Crippen LogP contribution in [0, 0.1) is 41.5 Å². The maximum absolute atomic E-state index is 6.17. The number of benzene rings is 11. The minimum atomic E-state index is 0.444. The number of nitrogens with zero attached hydrogens (tertiary/aromatic N) is 13. The van der Waals surface area contributed by atoms with Crippen LogP contribution in [0.25, 0.3) is 146 Å². The predicted octanol–water partition coefficient (Wildman–Crippen LogP) is 23.8. The van der Waals surface area contributed by atoms with Gasteiger partial charge in [0.2, 0.25) is 5.71 Å². The van der Waals surface area contributed by atoms with Gasteiger partial charge in [-0.05, 0) is 165 Å². The second kappa shape index (κ2) is 37.6. The Morgan fingerprint density at radius 3 is 1.13 bits per heavy atom. The van der Waals surface area contributed by atoms with Gasteiger partial charge >= 0.3 is 0 Å². The summed E-state index contributed by atoms with van der Waals surface area (Å²) in [5, 5.41) is 4.52. The van der Waals surface area contributed by atoms with Crippen LogP contribution in [-0.2, 0) is 70.5 Å². The zero-order valence-electron chi connectivity index (χ0n) is 79.2. The summed E-state index contributed by atoms with van der Waals surface area (Å²) in [4.78, 5) is 4.34. The van der Waals surface area contributed by atoms with Gasteiger partial charge < -0.3 is 8.83 Å². The third kappa shape index (κ3) is 17.1. The van der Waals surface area contributed by atoms with Gasteiger partial charge in [0.1, 0.15) is 77.7 Å². The molecular weight excluding hydrogens is 1570 g/mol.